The van der Waals surface area contributed by atoms with E-state index in [1.54, 1.807) is 19.1 Å². The van der Waals surface area contributed by atoms with Gasteiger partial charge in [0.25, 0.3) is 5.92 Å². The minimum Gasteiger partial charge on any atom is -0.382 e. The summed E-state index contributed by atoms with van der Waals surface area (Å²) in [5.41, 5.74) is 8.47. The Hall–Kier alpha value is -2.59. The molecule has 6 nitrogen and oxygen atoms in total. The van der Waals surface area contributed by atoms with Gasteiger partial charge in [0.1, 0.15) is 10.7 Å². The van der Waals surface area contributed by atoms with E-state index in [2.05, 4.69) is 10.2 Å². The van der Waals surface area contributed by atoms with Crippen LogP contribution in [0.15, 0.2) is 35.2 Å². The number of halogens is 3. The highest BCUT2D eigenvalue weighted by atomic mass is 32.2. The molecule has 0 radical (unpaired) electrons. The molecule has 1 aromatic heterocycles. The number of anilines is 1. The molecule has 2 aromatic carbocycles. The number of hydrogen-bond acceptors (Lipinski definition) is 4. The SMILES string of the molecule is Cc1c(-c2ccc(S(=O)(=O)N3CCC(F)(F)C3)c(F)c2)ccc2[nH]nc(N)c12. The summed E-state index contributed by atoms with van der Waals surface area (Å²) < 4.78 is 67.2. The van der Waals surface area contributed by atoms with E-state index in [-0.39, 0.29) is 6.54 Å². The Morgan fingerprint density at radius 1 is 1.25 bits per heavy atom. The van der Waals surface area contributed by atoms with Crippen molar-refractivity contribution < 1.29 is 21.6 Å². The second kappa shape index (κ2) is 6.21. The lowest BCUT2D eigenvalue weighted by molar-refractivity contribution is 0.0183. The molecule has 0 atom stereocenters. The zero-order valence-corrected chi connectivity index (χ0v) is 15.7. The van der Waals surface area contributed by atoms with E-state index in [1.807, 2.05) is 0 Å². The number of aromatic nitrogens is 2. The summed E-state index contributed by atoms with van der Waals surface area (Å²) in [6, 6.07) is 7.15. The summed E-state index contributed by atoms with van der Waals surface area (Å²) in [6.07, 6.45) is -0.572. The van der Waals surface area contributed by atoms with Crippen molar-refractivity contribution in [1.82, 2.24) is 14.5 Å². The number of rotatable bonds is 3. The van der Waals surface area contributed by atoms with E-state index < -0.39 is 39.6 Å². The van der Waals surface area contributed by atoms with Crippen LogP contribution in [-0.2, 0) is 10.0 Å². The van der Waals surface area contributed by atoms with Crippen molar-refractivity contribution in [3.8, 4) is 11.1 Å². The van der Waals surface area contributed by atoms with Crippen molar-refractivity contribution >= 4 is 26.7 Å². The normalized spacial score (nSPS) is 17.4. The van der Waals surface area contributed by atoms with Gasteiger partial charge >= 0.3 is 0 Å². The first-order valence-electron chi connectivity index (χ1n) is 8.51. The van der Waals surface area contributed by atoms with E-state index in [1.165, 1.54) is 6.07 Å². The first kappa shape index (κ1) is 18.8. The van der Waals surface area contributed by atoms with Crippen LogP contribution in [0.3, 0.4) is 0 Å². The van der Waals surface area contributed by atoms with Crippen molar-refractivity contribution in [2.75, 3.05) is 18.8 Å². The zero-order valence-electron chi connectivity index (χ0n) is 14.8. The smallest absolute Gasteiger partial charge is 0.262 e. The van der Waals surface area contributed by atoms with Crippen LogP contribution in [0.1, 0.15) is 12.0 Å². The molecule has 3 aromatic rings. The molecule has 1 aliphatic heterocycles. The number of alkyl halides is 2. The van der Waals surface area contributed by atoms with Crippen molar-refractivity contribution in [3.05, 3.63) is 41.7 Å². The number of nitrogen functional groups attached to an aromatic ring is 1. The van der Waals surface area contributed by atoms with Gasteiger partial charge in [0.05, 0.1) is 12.1 Å². The molecule has 2 heterocycles. The Morgan fingerprint density at radius 3 is 2.64 bits per heavy atom. The van der Waals surface area contributed by atoms with E-state index >= 15 is 0 Å². The third-order valence-corrected chi connectivity index (χ3v) is 6.89. The third-order valence-electron chi connectivity index (χ3n) is 5.01. The van der Waals surface area contributed by atoms with E-state index in [0.29, 0.717) is 26.6 Å². The molecule has 4 rings (SSSR count). The van der Waals surface area contributed by atoms with Gasteiger partial charge in [-0.15, -0.1) is 0 Å². The van der Waals surface area contributed by atoms with E-state index in [4.69, 9.17) is 5.73 Å². The molecular formula is C18H17F3N4O2S. The van der Waals surface area contributed by atoms with E-state index in [0.717, 1.165) is 23.2 Å². The number of benzene rings is 2. The predicted molar refractivity (Wildman–Crippen MR) is 99.0 cm³/mol. The monoisotopic (exact) mass is 410 g/mol. The van der Waals surface area contributed by atoms with Crippen molar-refractivity contribution in [2.24, 2.45) is 0 Å². The molecule has 1 saturated heterocycles. The molecule has 1 aliphatic rings. The van der Waals surface area contributed by atoms with Crippen LogP contribution in [0.4, 0.5) is 19.0 Å². The summed E-state index contributed by atoms with van der Waals surface area (Å²) in [4.78, 5) is -0.615. The predicted octanol–water partition coefficient (Wildman–Crippen LogP) is 3.29. The number of hydrogen-bond donors (Lipinski definition) is 2. The first-order valence-corrected chi connectivity index (χ1v) is 9.95. The number of H-pyrrole nitrogens is 1. The maximum absolute atomic E-state index is 14.7. The van der Waals surface area contributed by atoms with Gasteiger partial charge in [0.2, 0.25) is 10.0 Å². The van der Waals surface area contributed by atoms with Crippen LogP contribution in [-0.4, -0.2) is 41.9 Å². The molecule has 0 spiro atoms. The van der Waals surface area contributed by atoms with Gasteiger partial charge in [-0.05, 0) is 41.8 Å². The Balaban J connectivity index is 1.75. The topological polar surface area (TPSA) is 92.1 Å². The van der Waals surface area contributed by atoms with Crippen LogP contribution in [0.2, 0.25) is 0 Å². The lowest BCUT2D eigenvalue weighted by Gasteiger charge is -2.17. The van der Waals surface area contributed by atoms with Gasteiger partial charge in [-0.2, -0.15) is 9.40 Å². The summed E-state index contributed by atoms with van der Waals surface area (Å²) >= 11 is 0. The van der Waals surface area contributed by atoms with Gasteiger partial charge < -0.3 is 5.73 Å². The Morgan fingerprint density at radius 2 is 2.00 bits per heavy atom. The minimum atomic E-state index is -4.34. The van der Waals surface area contributed by atoms with Gasteiger partial charge in [-0.3, -0.25) is 5.10 Å². The Labute approximate surface area is 159 Å². The van der Waals surface area contributed by atoms with Gasteiger partial charge in [0.15, 0.2) is 5.82 Å². The summed E-state index contributed by atoms with van der Waals surface area (Å²) in [5, 5.41) is 7.44. The third kappa shape index (κ3) is 2.92. The molecule has 0 saturated carbocycles. The Kier molecular flexibility index (Phi) is 4.16. The summed E-state index contributed by atoms with van der Waals surface area (Å²) in [7, 11) is -4.34. The zero-order chi connectivity index (χ0) is 20.3. The van der Waals surface area contributed by atoms with Crippen LogP contribution in [0.25, 0.3) is 22.0 Å². The highest BCUT2D eigenvalue weighted by molar-refractivity contribution is 7.89. The van der Waals surface area contributed by atoms with Crippen molar-refractivity contribution in [2.45, 2.75) is 24.2 Å². The maximum Gasteiger partial charge on any atom is 0.262 e. The molecule has 0 aliphatic carbocycles. The second-order valence-corrected chi connectivity index (χ2v) is 8.77. The van der Waals surface area contributed by atoms with Crippen molar-refractivity contribution in [3.63, 3.8) is 0 Å². The summed E-state index contributed by atoms with van der Waals surface area (Å²) in [6.45, 7) is 0.524. The lowest BCUT2D eigenvalue weighted by atomic mass is 9.97. The Bertz CT molecular complexity index is 1190. The maximum atomic E-state index is 14.7. The highest BCUT2D eigenvalue weighted by Crippen LogP contribution is 2.35. The fourth-order valence-corrected chi connectivity index (χ4v) is 5.06. The van der Waals surface area contributed by atoms with Crippen LogP contribution >= 0.6 is 0 Å². The molecule has 3 N–H and O–H groups in total. The van der Waals surface area contributed by atoms with Crippen LogP contribution < -0.4 is 5.73 Å². The van der Waals surface area contributed by atoms with Gasteiger partial charge in [-0.25, -0.2) is 21.6 Å². The van der Waals surface area contributed by atoms with Gasteiger partial charge in [-0.1, -0.05) is 12.1 Å². The fraction of sp³-hybridized carbons (Fsp3) is 0.278. The molecule has 148 valence electrons. The van der Waals surface area contributed by atoms with E-state index in [9.17, 15) is 21.6 Å². The molecule has 0 bridgehead atoms. The molecule has 0 unspecified atom stereocenters. The number of nitrogens with zero attached hydrogens (tertiary/aromatic N) is 2. The number of aromatic amines is 1. The number of fused-ring (bicyclic) bond motifs is 1. The molecule has 28 heavy (non-hydrogen) atoms. The number of nitrogens with two attached hydrogens (primary N) is 1. The second-order valence-electron chi connectivity index (χ2n) is 6.86. The highest BCUT2D eigenvalue weighted by Gasteiger charge is 2.44. The molecule has 0 amide bonds. The first-order chi connectivity index (χ1) is 13.1. The lowest BCUT2D eigenvalue weighted by Crippen LogP contribution is -2.32. The fourth-order valence-electron chi connectivity index (χ4n) is 3.55. The largest absolute Gasteiger partial charge is 0.382 e. The summed E-state index contributed by atoms with van der Waals surface area (Å²) in [5.74, 6) is -3.78. The number of aryl methyl sites for hydroxylation is 1. The molecular weight excluding hydrogens is 393 g/mol. The molecule has 10 heteroatoms. The standard InChI is InChI=1S/C18H17F3N4O2S/c1-10-12(3-4-14-16(10)17(22)24-23-14)11-2-5-15(13(19)8-11)28(26,27)25-7-6-18(20,21)9-25/h2-5,8H,6-7,9H2,1H3,(H3,22,23,24). The minimum absolute atomic E-state index is 0.309. The van der Waals surface area contributed by atoms with Crippen LogP contribution in [0.5, 0.6) is 0 Å². The number of sulfonamides is 1. The number of nitrogens with one attached hydrogen (secondary N) is 1. The average Bonchev–Trinajstić information content (AvgIpc) is 3.18. The molecule has 1 fully saturated rings. The van der Waals surface area contributed by atoms with Crippen LogP contribution in [0, 0.1) is 12.7 Å². The van der Waals surface area contributed by atoms with Gasteiger partial charge in [0, 0.05) is 18.4 Å². The average molecular weight is 410 g/mol. The van der Waals surface area contributed by atoms with Crippen molar-refractivity contribution in [1.29, 1.82) is 0 Å². The quantitative estimate of drug-likeness (QED) is 0.693.